The summed E-state index contributed by atoms with van der Waals surface area (Å²) < 4.78 is 4.69. The zero-order valence-corrected chi connectivity index (χ0v) is 38.4. The van der Waals surface area contributed by atoms with E-state index in [-0.39, 0.29) is 0 Å². The van der Waals surface area contributed by atoms with Crippen molar-refractivity contribution in [2.45, 2.75) is 27.7 Å². The van der Waals surface area contributed by atoms with Crippen LogP contribution in [-0.4, -0.2) is 14.1 Å². The first-order chi connectivity index (χ1) is 33.3. The van der Waals surface area contributed by atoms with Crippen molar-refractivity contribution < 1.29 is 0 Å². The van der Waals surface area contributed by atoms with Crippen molar-refractivity contribution in [2.75, 3.05) is 0 Å². The van der Waals surface area contributed by atoms with Crippen LogP contribution in [0.4, 0.5) is 0 Å². The van der Waals surface area contributed by atoms with Gasteiger partial charge in [-0.1, -0.05) is 174 Å². The third kappa shape index (κ3) is 6.96. The number of hydrogen-bond acceptors (Lipinski definition) is 2. The van der Waals surface area contributed by atoms with Crippen LogP contribution < -0.4 is 0 Å². The highest BCUT2D eigenvalue weighted by Gasteiger charge is 2.24. The van der Waals surface area contributed by atoms with Crippen molar-refractivity contribution in [3.63, 3.8) is 0 Å². The highest BCUT2D eigenvalue weighted by molar-refractivity contribution is 6.13. The Hall–Kier alpha value is -8.78. The Kier molecular flexibility index (Phi) is 9.74. The van der Waals surface area contributed by atoms with Gasteiger partial charge < -0.3 is 9.13 Å². The molecule has 0 unspecified atom stereocenters. The Balaban J connectivity index is 1.23. The maximum atomic E-state index is 11.9. The number of pyridine rings is 1. The normalized spacial score (nSPS) is 11.5. The van der Waals surface area contributed by atoms with E-state index in [9.17, 15) is 5.26 Å². The van der Waals surface area contributed by atoms with E-state index >= 15 is 0 Å². The molecule has 0 N–H and O–H groups in total. The molecule has 9 aromatic carbocycles. The number of rotatable bonds is 7. The van der Waals surface area contributed by atoms with Gasteiger partial charge in [0.2, 0.25) is 0 Å². The van der Waals surface area contributed by atoms with Crippen LogP contribution in [0.15, 0.2) is 207 Å². The zero-order valence-electron chi connectivity index (χ0n) is 38.4. The van der Waals surface area contributed by atoms with Gasteiger partial charge in [0.1, 0.15) is 11.6 Å². The Morgan fingerprint density at radius 3 is 0.956 bits per heavy atom. The summed E-state index contributed by atoms with van der Waals surface area (Å²) in [6.45, 7) is 8.55. The largest absolute Gasteiger partial charge is 0.308 e. The first-order valence-corrected chi connectivity index (χ1v) is 23.2. The number of hydrogen-bond donors (Lipinski definition) is 0. The second-order valence-corrected chi connectivity index (χ2v) is 18.3. The first kappa shape index (κ1) is 40.7. The second kappa shape index (κ2) is 16.3. The fourth-order valence-corrected chi connectivity index (χ4v) is 10.4. The molecule has 0 atom stereocenters. The lowest BCUT2D eigenvalue weighted by Gasteiger charge is -2.19. The van der Waals surface area contributed by atoms with Gasteiger partial charge in [0.15, 0.2) is 0 Å². The summed E-state index contributed by atoms with van der Waals surface area (Å²) in [5.41, 5.74) is 22.0. The molecule has 0 amide bonds. The van der Waals surface area contributed by atoms with Gasteiger partial charge in [-0.15, -0.1) is 0 Å². The number of fused-ring (bicyclic) bond motifs is 6. The molecule has 0 saturated carbocycles. The molecule has 12 rings (SSSR count). The maximum absolute atomic E-state index is 11.9. The van der Waals surface area contributed by atoms with E-state index in [0.29, 0.717) is 5.56 Å². The first-order valence-electron chi connectivity index (χ1n) is 23.2. The van der Waals surface area contributed by atoms with Crippen molar-refractivity contribution in [3.05, 3.63) is 234 Å². The van der Waals surface area contributed by atoms with Gasteiger partial charge in [0.05, 0.1) is 33.4 Å². The number of aromatic nitrogens is 3. The molecule has 0 fully saturated rings. The quantitative estimate of drug-likeness (QED) is 0.160. The molecule has 4 nitrogen and oxygen atoms in total. The summed E-state index contributed by atoms with van der Waals surface area (Å²) in [7, 11) is 0. The van der Waals surface area contributed by atoms with E-state index in [2.05, 4.69) is 236 Å². The third-order valence-electron chi connectivity index (χ3n) is 13.6. The molecule has 0 aliphatic rings. The van der Waals surface area contributed by atoms with E-state index < -0.39 is 0 Å². The SMILES string of the molecule is Cc1cccc(-c2ccc3c4ccc(-c5cccc(C)c5)cc4n(-c4cc(-c5cccnc5)cc(-n5c6cc(-c7cccc(C)c7)ccc6c6ccc(-c7cccc(C)c7)cc65)c4C#N)c3c2)c1. The lowest BCUT2D eigenvalue weighted by atomic mass is 10.00. The fraction of sp³-hybridized carbons (Fsp3) is 0.0625. The van der Waals surface area contributed by atoms with Crippen LogP contribution in [0.25, 0.3) is 111 Å². The van der Waals surface area contributed by atoms with Crippen molar-refractivity contribution in [2.24, 2.45) is 0 Å². The zero-order chi connectivity index (χ0) is 46.0. The summed E-state index contributed by atoms with van der Waals surface area (Å²) in [5.74, 6) is 0. The van der Waals surface area contributed by atoms with Crippen LogP contribution in [-0.2, 0) is 0 Å². The molecular formula is C64H46N4. The third-order valence-corrected chi connectivity index (χ3v) is 13.6. The minimum absolute atomic E-state index is 0.569. The standard InChI is InChI=1S/C64H46N4/c1-40-10-5-14-44(28-40)48-19-23-54-55-24-20-49(45-15-6-11-41(2)29-45)33-60(55)67(59(54)32-48)63-36-53(52-18-9-27-66-39-52)37-64(58(63)38-65)68-61-34-50(46-16-7-12-42(3)30-46)21-25-56(61)57-26-22-51(35-62(57)68)47-17-8-13-43(4)31-47/h5-37,39H,1-4H3. The summed E-state index contributed by atoms with van der Waals surface area (Å²) in [4.78, 5) is 4.62. The Morgan fingerprint density at radius 2 is 0.662 bits per heavy atom. The predicted octanol–water partition coefficient (Wildman–Crippen LogP) is 16.7. The number of aryl methyl sites for hydroxylation is 4. The van der Waals surface area contributed by atoms with Gasteiger partial charge >= 0.3 is 0 Å². The summed E-state index contributed by atoms with van der Waals surface area (Å²) in [6.07, 6.45) is 3.73. The summed E-state index contributed by atoms with van der Waals surface area (Å²) in [5, 5.41) is 16.4. The van der Waals surface area contributed by atoms with Crippen LogP contribution in [0.1, 0.15) is 27.8 Å². The van der Waals surface area contributed by atoms with E-state index in [1.54, 1.807) is 0 Å². The molecule has 0 spiro atoms. The topological polar surface area (TPSA) is 46.5 Å². The van der Waals surface area contributed by atoms with E-state index in [4.69, 9.17) is 0 Å². The van der Waals surface area contributed by atoms with E-state index in [1.807, 2.05) is 18.5 Å². The van der Waals surface area contributed by atoms with Crippen LogP contribution in [0.3, 0.4) is 0 Å². The smallest absolute Gasteiger partial charge is 0.104 e. The molecule has 3 aromatic heterocycles. The van der Waals surface area contributed by atoms with Gasteiger partial charge in [-0.25, -0.2) is 0 Å². The van der Waals surface area contributed by atoms with Crippen LogP contribution >= 0.6 is 0 Å². The maximum Gasteiger partial charge on any atom is 0.104 e. The molecule has 0 saturated heterocycles. The van der Waals surface area contributed by atoms with E-state index in [0.717, 1.165) is 111 Å². The van der Waals surface area contributed by atoms with Crippen molar-refractivity contribution in [1.82, 2.24) is 14.1 Å². The lowest BCUT2D eigenvalue weighted by Crippen LogP contribution is -2.05. The molecule has 0 bridgehead atoms. The van der Waals surface area contributed by atoms with Gasteiger partial charge in [0, 0.05) is 39.5 Å². The molecule has 12 aromatic rings. The second-order valence-electron chi connectivity index (χ2n) is 18.3. The Bertz CT molecular complexity index is 3590. The number of nitrogens with zero attached hydrogens (tertiary/aromatic N) is 4. The summed E-state index contributed by atoms with van der Waals surface area (Å²) >= 11 is 0. The molecule has 68 heavy (non-hydrogen) atoms. The van der Waals surface area contributed by atoms with Crippen molar-refractivity contribution >= 4 is 43.6 Å². The van der Waals surface area contributed by atoms with Gasteiger partial charge in [0.25, 0.3) is 0 Å². The molecule has 0 radical (unpaired) electrons. The highest BCUT2D eigenvalue weighted by atomic mass is 15.0. The average molecular weight is 871 g/mol. The monoisotopic (exact) mass is 870 g/mol. The molecule has 4 heteroatoms. The highest BCUT2D eigenvalue weighted by Crippen LogP contribution is 2.43. The summed E-state index contributed by atoms with van der Waals surface area (Å²) in [6, 6.07) is 73.2. The molecule has 0 aliphatic heterocycles. The average Bonchev–Trinajstić information content (AvgIpc) is 3.87. The van der Waals surface area contributed by atoms with Crippen molar-refractivity contribution in [1.29, 1.82) is 5.26 Å². The van der Waals surface area contributed by atoms with Gasteiger partial charge in [-0.2, -0.15) is 5.26 Å². The minimum atomic E-state index is 0.569. The van der Waals surface area contributed by atoms with Crippen LogP contribution in [0.5, 0.6) is 0 Å². The van der Waals surface area contributed by atoms with Crippen LogP contribution in [0, 0.1) is 39.0 Å². The molecular weight excluding hydrogens is 825 g/mol. The molecule has 322 valence electrons. The predicted molar refractivity (Wildman–Crippen MR) is 284 cm³/mol. The Labute approximate surface area is 396 Å². The van der Waals surface area contributed by atoms with Gasteiger partial charge in [-0.3, -0.25) is 4.98 Å². The van der Waals surface area contributed by atoms with Crippen molar-refractivity contribution in [3.8, 4) is 73.1 Å². The molecule has 0 aliphatic carbocycles. The number of benzene rings is 9. The van der Waals surface area contributed by atoms with Crippen LogP contribution in [0.2, 0.25) is 0 Å². The minimum Gasteiger partial charge on any atom is -0.308 e. The van der Waals surface area contributed by atoms with E-state index in [1.165, 1.54) is 22.3 Å². The van der Waals surface area contributed by atoms with Gasteiger partial charge in [-0.05, 0) is 120 Å². The fourth-order valence-electron chi connectivity index (χ4n) is 10.4. The molecule has 3 heterocycles. The lowest BCUT2D eigenvalue weighted by molar-refractivity contribution is 1.12. The number of nitriles is 1. The Morgan fingerprint density at radius 1 is 0.338 bits per heavy atom.